The Balaban J connectivity index is 3.23. The van der Waals surface area contributed by atoms with Crippen molar-refractivity contribution in [3.8, 4) is 0 Å². The minimum Gasteiger partial charge on any atom is -0.0827 e. The molecule has 3 heteroatoms. The van der Waals surface area contributed by atoms with E-state index in [0.29, 0.717) is 10.0 Å². The summed E-state index contributed by atoms with van der Waals surface area (Å²) in [6, 6.07) is 3.74. The first-order valence-electron chi connectivity index (χ1n) is 3.37. The SMILES string of the molecule is Cc1cc(Cl)c(Cl)cc1/C=C/I. The second kappa shape index (κ2) is 4.49. The van der Waals surface area contributed by atoms with E-state index in [9.17, 15) is 0 Å². The lowest BCUT2D eigenvalue weighted by molar-refractivity contribution is 1.44. The van der Waals surface area contributed by atoms with Gasteiger partial charge in [0.15, 0.2) is 0 Å². The van der Waals surface area contributed by atoms with Crippen LogP contribution in [0, 0.1) is 6.92 Å². The smallest absolute Gasteiger partial charge is 0.0598 e. The molecule has 0 amide bonds. The predicted molar refractivity (Wildman–Crippen MR) is 64.3 cm³/mol. The molecule has 1 aromatic rings. The van der Waals surface area contributed by atoms with Crippen LogP contribution in [0.2, 0.25) is 10.0 Å². The lowest BCUT2D eigenvalue weighted by Gasteiger charge is -2.02. The number of benzene rings is 1. The fraction of sp³-hybridized carbons (Fsp3) is 0.111. The molecule has 1 aromatic carbocycles. The second-order valence-corrected chi connectivity index (χ2v) is 3.95. The van der Waals surface area contributed by atoms with Crippen LogP contribution in [0.25, 0.3) is 6.08 Å². The zero-order valence-electron chi connectivity index (χ0n) is 6.44. The summed E-state index contributed by atoms with van der Waals surface area (Å²) in [4.78, 5) is 0. The minimum absolute atomic E-state index is 0.603. The van der Waals surface area contributed by atoms with Crippen LogP contribution >= 0.6 is 45.8 Å². The van der Waals surface area contributed by atoms with Crippen LogP contribution in [0.3, 0.4) is 0 Å². The third-order valence-corrected chi connectivity index (χ3v) is 2.63. The fourth-order valence-electron chi connectivity index (χ4n) is 0.909. The quantitative estimate of drug-likeness (QED) is 0.659. The molecule has 12 heavy (non-hydrogen) atoms. The average Bonchev–Trinajstić information content (AvgIpc) is 2.01. The first-order valence-corrected chi connectivity index (χ1v) is 5.37. The molecule has 0 fully saturated rings. The van der Waals surface area contributed by atoms with Crippen molar-refractivity contribution < 1.29 is 0 Å². The van der Waals surface area contributed by atoms with Crippen LogP contribution in [-0.4, -0.2) is 0 Å². The topological polar surface area (TPSA) is 0 Å². The van der Waals surface area contributed by atoms with E-state index in [-0.39, 0.29) is 0 Å². The summed E-state index contributed by atoms with van der Waals surface area (Å²) < 4.78 is 1.95. The Kier molecular flexibility index (Phi) is 3.87. The standard InChI is InChI=1S/C9H7Cl2I/c1-6-4-8(10)9(11)5-7(6)2-3-12/h2-5H,1H3/b3-2+. The highest BCUT2D eigenvalue weighted by atomic mass is 127. The average molecular weight is 313 g/mol. The van der Waals surface area contributed by atoms with Gasteiger partial charge in [0, 0.05) is 0 Å². The molecule has 0 spiro atoms. The molecule has 0 bridgehead atoms. The van der Waals surface area contributed by atoms with Gasteiger partial charge in [0.25, 0.3) is 0 Å². The summed E-state index contributed by atoms with van der Waals surface area (Å²) in [5.74, 6) is 0. The maximum atomic E-state index is 5.85. The molecule has 0 heterocycles. The van der Waals surface area contributed by atoms with Gasteiger partial charge < -0.3 is 0 Å². The third kappa shape index (κ3) is 2.38. The van der Waals surface area contributed by atoms with Gasteiger partial charge in [-0.25, -0.2) is 0 Å². The number of aryl methyl sites for hydroxylation is 1. The van der Waals surface area contributed by atoms with Crippen LogP contribution < -0.4 is 0 Å². The Morgan fingerprint density at radius 2 is 1.83 bits per heavy atom. The molecule has 0 radical (unpaired) electrons. The molecule has 0 aromatic heterocycles. The van der Waals surface area contributed by atoms with Crippen molar-refractivity contribution in [1.29, 1.82) is 0 Å². The Hall–Kier alpha value is 0.270. The highest BCUT2D eigenvalue weighted by Gasteiger charge is 2.00. The Morgan fingerprint density at radius 1 is 1.25 bits per heavy atom. The number of rotatable bonds is 1. The molecular weight excluding hydrogens is 306 g/mol. The van der Waals surface area contributed by atoms with Gasteiger partial charge in [0.1, 0.15) is 0 Å². The van der Waals surface area contributed by atoms with Crippen molar-refractivity contribution in [3.05, 3.63) is 37.4 Å². The molecule has 0 unspecified atom stereocenters. The molecule has 0 aliphatic carbocycles. The van der Waals surface area contributed by atoms with Gasteiger partial charge in [0.2, 0.25) is 0 Å². The Bertz CT molecular complexity index is 319. The Morgan fingerprint density at radius 3 is 2.42 bits per heavy atom. The highest BCUT2D eigenvalue weighted by Crippen LogP contribution is 2.26. The monoisotopic (exact) mass is 312 g/mol. The maximum absolute atomic E-state index is 5.85. The van der Waals surface area contributed by atoms with Crippen LogP contribution in [0.1, 0.15) is 11.1 Å². The number of hydrogen-bond acceptors (Lipinski definition) is 0. The predicted octanol–water partition coefficient (Wildman–Crippen LogP) is 4.71. The lowest BCUT2D eigenvalue weighted by Crippen LogP contribution is -1.80. The summed E-state index contributed by atoms with van der Waals surface area (Å²) in [6.45, 7) is 2.01. The van der Waals surface area contributed by atoms with Crippen LogP contribution in [0.15, 0.2) is 16.2 Å². The van der Waals surface area contributed by atoms with Gasteiger partial charge in [-0.15, -0.1) is 0 Å². The van der Waals surface area contributed by atoms with E-state index in [2.05, 4.69) is 22.6 Å². The van der Waals surface area contributed by atoms with Gasteiger partial charge in [-0.3, -0.25) is 0 Å². The van der Waals surface area contributed by atoms with E-state index in [1.165, 1.54) is 0 Å². The molecule has 0 saturated carbocycles. The van der Waals surface area contributed by atoms with E-state index >= 15 is 0 Å². The largest absolute Gasteiger partial charge is 0.0827 e. The second-order valence-electron chi connectivity index (χ2n) is 2.42. The first kappa shape index (κ1) is 10.4. The van der Waals surface area contributed by atoms with E-state index in [4.69, 9.17) is 23.2 Å². The van der Waals surface area contributed by atoms with Gasteiger partial charge in [0.05, 0.1) is 10.0 Å². The number of halogens is 3. The fourth-order valence-corrected chi connectivity index (χ4v) is 1.69. The van der Waals surface area contributed by atoms with Crippen LogP contribution in [-0.2, 0) is 0 Å². The van der Waals surface area contributed by atoms with Crippen molar-refractivity contribution in [2.24, 2.45) is 0 Å². The molecule has 0 nitrogen and oxygen atoms in total. The summed E-state index contributed by atoms with van der Waals surface area (Å²) in [6.07, 6.45) is 2.00. The minimum atomic E-state index is 0.603. The Labute approximate surface area is 95.7 Å². The van der Waals surface area contributed by atoms with Crippen molar-refractivity contribution in [3.63, 3.8) is 0 Å². The van der Waals surface area contributed by atoms with Crippen molar-refractivity contribution >= 4 is 51.9 Å². The van der Waals surface area contributed by atoms with Gasteiger partial charge in [-0.2, -0.15) is 0 Å². The molecule has 1 rings (SSSR count). The first-order chi connectivity index (χ1) is 5.65. The zero-order chi connectivity index (χ0) is 9.14. The zero-order valence-corrected chi connectivity index (χ0v) is 10.1. The lowest BCUT2D eigenvalue weighted by atomic mass is 10.1. The van der Waals surface area contributed by atoms with Crippen molar-refractivity contribution in [1.82, 2.24) is 0 Å². The van der Waals surface area contributed by atoms with E-state index < -0.39 is 0 Å². The summed E-state index contributed by atoms with van der Waals surface area (Å²) >= 11 is 13.9. The maximum Gasteiger partial charge on any atom is 0.0598 e. The van der Waals surface area contributed by atoms with Gasteiger partial charge in [-0.1, -0.05) is 45.8 Å². The molecule has 64 valence electrons. The van der Waals surface area contributed by atoms with E-state index in [0.717, 1.165) is 11.1 Å². The molecule has 0 atom stereocenters. The van der Waals surface area contributed by atoms with Gasteiger partial charge in [-0.05, 0) is 40.3 Å². The molecule has 0 aliphatic rings. The van der Waals surface area contributed by atoms with Crippen LogP contribution in [0.4, 0.5) is 0 Å². The molecule has 0 aliphatic heterocycles. The summed E-state index contributed by atoms with van der Waals surface area (Å²) in [5.41, 5.74) is 2.25. The molecule has 0 N–H and O–H groups in total. The highest BCUT2D eigenvalue weighted by molar-refractivity contribution is 14.1. The number of hydrogen-bond donors (Lipinski definition) is 0. The normalized spacial score (nSPS) is 11.0. The van der Waals surface area contributed by atoms with Crippen molar-refractivity contribution in [2.75, 3.05) is 0 Å². The summed E-state index contributed by atoms with van der Waals surface area (Å²) in [5, 5.41) is 1.21. The van der Waals surface area contributed by atoms with E-state index in [1.54, 1.807) is 0 Å². The summed E-state index contributed by atoms with van der Waals surface area (Å²) in [7, 11) is 0. The molecule has 0 saturated heterocycles. The van der Waals surface area contributed by atoms with Gasteiger partial charge >= 0.3 is 0 Å². The molecular formula is C9H7Cl2I. The van der Waals surface area contributed by atoms with Crippen LogP contribution in [0.5, 0.6) is 0 Å². The van der Waals surface area contributed by atoms with E-state index in [1.807, 2.05) is 29.2 Å². The third-order valence-electron chi connectivity index (χ3n) is 1.55. The van der Waals surface area contributed by atoms with Crippen molar-refractivity contribution in [2.45, 2.75) is 6.92 Å².